The molecule has 0 aliphatic heterocycles. The Labute approximate surface area is 128 Å². The number of nitrogens with one attached hydrogen (secondary N) is 1. The largest absolute Gasteiger partial charge is 0.481 e. The lowest BCUT2D eigenvalue weighted by molar-refractivity contribution is -0.138. The maximum absolute atomic E-state index is 10.3. The molecule has 0 aliphatic carbocycles. The molecule has 2 atom stereocenters. The zero-order valence-electron chi connectivity index (χ0n) is 13.6. The van der Waals surface area contributed by atoms with Gasteiger partial charge in [-0.3, -0.25) is 9.59 Å². The SMILES string of the molecule is CCCCC(CC(=O)O)NC.CCCCC(N)CC(=O)O. The maximum atomic E-state index is 10.3. The van der Waals surface area contributed by atoms with Crippen molar-refractivity contribution < 1.29 is 19.8 Å². The van der Waals surface area contributed by atoms with E-state index < -0.39 is 11.9 Å². The lowest BCUT2D eigenvalue weighted by Gasteiger charge is -2.12. The molecule has 0 spiro atoms. The fraction of sp³-hybridized carbons (Fsp3) is 0.867. The van der Waals surface area contributed by atoms with Crippen LogP contribution in [0.4, 0.5) is 0 Å². The Morgan fingerprint density at radius 1 is 1.00 bits per heavy atom. The molecule has 0 saturated carbocycles. The van der Waals surface area contributed by atoms with Crippen molar-refractivity contribution in [3.8, 4) is 0 Å². The average molecular weight is 304 g/mol. The number of unbranched alkanes of at least 4 members (excludes halogenated alkanes) is 2. The van der Waals surface area contributed by atoms with Crippen LogP contribution >= 0.6 is 0 Å². The molecule has 0 aromatic rings. The van der Waals surface area contributed by atoms with E-state index in [1.165, 1.54) is 0 Å². The Balaban J connectivity index is 0. The molecular weight excluding hydrogens is 272 g/mol. The quantitative estimate of drug-likeness (QED) is 0.465. The van der Waals surface area contributed by atoms with Crippen molar-refractivity contribution in [1.29, 1.82) is 0 Å². The number of carboxylic acid groups (broad SMARTS) is 2. The van der Waals surface area contributed by atoms with Crippen molar-refractivity contribution in [2.75, 3.05) is 7.05 Å². The molecule has 0 aromatic heterocycles. The fourth-order valence-corrected chi connectivity index (χ4v) is 1.80. The highest BCUT2D eigenvalue weighted by Gasteiger charge is 2.09. The van der Waals surface area contributed by atoms with Gasteiger partial charge in [-0.1, -0.05) is 39.5 Å². The van der Waals surface area contributed by atoms with Crippen molar-refractivity contribution in [2.24, 2.45) is 5.73 Å². The van der Waals surface area contributed by atoms with Crippen LogP contribution in [0.25, 0.3) is 0 Å². The molecule has 0 saturated heterocycles. The number of hydrogen-bond donors (Lipinski definition) is 4. The zero-order valence-corrected chi connectivity index (χ0v) is 13.6. The van der Waals surface area contributed by atoms with Gasteiger partial charge >= 0.3 is 11.9 Å². The van der Waals surface area contributed by atoms with E-state index >= 15 is 0 Å². The van der Waals surface area contributed by atoms with Gasteiger partial charge in [-0.25, -0.2) is 0 Å². The van der Waals surface area contributed by atoms with Crippen LogP contribution in [0.3, 0.4) is 0 Å². The predicted octanol–water partition coefficient (Wildman–Crippen LogP) is 2.22. The van der Waals surface area contributed by atoms with Crippen LogP contribution in [0.2, 0.25) is 0 Å². The molecule has 2 unspecified atom stereocenters. The van der Waals surface area contributed by atoms with E-state index in [2.05, 4.69) is 19.2 Å². The molecule has 0 radical (unpaired) electrons. The number of nitrogens with two attached hydrogens (primary N) is 1. The van der Waals surface area contributed by atoms with Crippen LogP contribution in [0.5, 0.6) is 0 Å². The van der Waals surface area contributed by atoms with Crippen LogP contribution in [-0.4, -0.2) is 41.3 Å². The normalized spacial score (nSPS) is 13.0. The maximum Gasteiger partial charge on any atom is 0.304 e. The summed E-state index contributed by atoms with van der Waals surface area (Å²) in [7, 11) is 1.81. The van der Waals surface area contributed by atoms with Crippen molar-refractivity contribution in [3.05, 3.63) is 0 Å². The van der Waals surface area contributed by atoms with Gasteiger partial charge in [-0.2, -0.15) is 0 Å². The summed E-state index contributed by atoms with van der Waals surface area (Å²) in [5.74, 6) is -1.52. The van der Waals surface area contributed by atoms with Crippen molar-refractivity contribution in [1.82, 2.24) is 5.32 Å². The van der Waals surface area contributed by atoms with E-state index in [0.29, 0.717) is 0 Å². The van der Waals surface area contributed by atoms with E-state index in [-0.39, 0.29) is 24.9 Å². The van der Waals surface area contributed by atoms with Gasteiger partial charge in [0.25, 0.3) is 0 Å². The van der Waals surface area contributed by atoms with E-state index in [1.54, 1.807) is 0 Å². The summed E-state index contributed by atoms with van der Waals surface area (Å²) in [4.78, 5) is 20.4. The Kier molecular flexibility index (Phi) is 16.1. The van der Waals surface area contributed by atoms with Crippen molar-refractivity contribution >= 4 is 11.9 Å². The molecule has 0 rings (SSSR count). The molecule has 0 heterocycles. The molecule has 0 fully saturated rings. The Morgan fingerprint density at radius 3 is 1.86 bits per heavy atom. The molecule has 5 N–H and O–H groups in total. The standard InChI is InChI=1S/C8H17NO2.C7H15NO2/c1-3-4-5-7(9-2)6-8(10)11;1-2-3-4-6(8)5-7(9)10/h7,9H,3-6H2,1-2H3,(H,10,11);6H,2-5,8H2,1H3,(H,9,10). The second kappa shape index (κ2) is 15.3. The average Bonchev–Trinajstić information content (AvgIpc) is 2.40. The van der Waals surface area contributed by atoms with Gasteiger partial charge < -0.3 is 21.3 Å². The van der Waals surface area contributed by atoms with Gasteiger partial charge in [-0.15, -0.1) is 0 Å². The summed E-state index contributed by atoms with van der Waals surface area (Å²) in [6, 6.07) is -0.00935. The lowest BCUT2D eigenvalue weighted by Crippen LogP contribution is -2.27. The monoisotopic (exact) mass is 304 g/mol. The summed E-state index contributed by atoms with van der Waals surface area (Å²) in [5, 5.41) is 19.8. The summed E-state index contributed by atoms with van der Waals surface area (Å²) in [6.45, 7) is 4.17. The minimum absolute atomic E-state index is 0.0972. The molecule has 0 aliphatic rings. The molecule has 0 amide bonds. The molecule has 0 aromatic carbocycles. The summed E-state index contributed by atoms with van der Waals surface area (Å²) >= 11 is 0. The first-order valence-corrected chi connectivity index (χ1v) is 7.73. The van der Waals surface area contributed by atoms with Gasteiger partial charge in [0.2, 0.25) is 0 Å². The van der Waals surface area contributed by atoms with Crippen LogP contribution < -0.4 is 11.1 Å². The first-order chi connectivity index (χ1) is 9.87. The number of rotatable bonds is 11. The molecule has 0 bridgehead atoms. The van der Waals surface area contributed by atoms with E-state index in [4.69, 9.17) is 15.9 Å². The van der Waals surface area contributed by atoms with Crippen LogP contribution in [-0.2, 0) is 9.59 Å². The fourth-order valence-electron chi connectivity index (χ4n) is 1.80. The predicted molar refractivity (Wildman–Crippen MR) is 84.4 cm³/mol. The third-order valence-electron chi connectivity index (χ3n) is 3.10. The highest BCUT2D eigenvalue weighted by Crippen LogP contribution is 2.03. The highest BCUT2D eigenvalue weighted by atomic mass is 16.4. The molecule has 126 valence electrons. The second-order valence-electron chi connectivity index (χ2n) is 5.23. The second-order valence-corrected chi connectivity index (χ2v) is 5.23. The minimum atomic E-state index is -0.802. The molecule has 21 heavy (non-hydrogen) atoms. The number of aliphatic carboxylic acids is 2. The van der Waals surface area contributed by atoms with Gasteiger partial charge in [0.15, 0.2) is 0 Å². The zero-order chi connectivity index (χ0) is 16.7. The van der Waals surface area contributed by atoms with Gasteiger partial charge in [-0.05, 0) is 19.9 Å². The minimum Gasteiger partial charge on any atom is -0.481 e. The lowest BCUT2D eigenvalue weighted by atomic mass is 10.1. The Hall–Kier alpha value is -1.14. The number of hydrogen-bond acceptors (Lipinski definition) is 4. The van der Waals surface area contributed by atoms with E-state index in [1.807, 2.05) is 7.05 Å². The van der Waals surface area contributed by atoms with Crippen LogP contribution in [0.1, 0.15) is 65.2 Å². The molecular formula is C15H32N2O4. The van der Waals surface area contributed by atoms with E-state index in [0.717, 1.165) is 38.5 Å². The summed E-state index contributed by atoms with van der Waals surface area (Å²) in [6.07, 6.45) is 6.43. The van der Waals surface area contributed by atoms with E-state index in [9.17, 15) is 9.59 Å². The first kappa shape index (κ1) is 22.1. The third kappa shape index (κ3) is 18.9. The Bertz CT molecular complexity index is 272. The van der Waals surface area contributed by atoms with Crippen LogP contribution in [0, 0.1) is 0 Å². The number of carbonyl (C=O) groups is 2. The number of carboxylic acids is 2. The van der Waals surface area contributed by atoms with Gasteiger partial charge in [0.1, 0.15) is 0 Å². The van der Waals surface area contributed by atoms with Crippen molar-refractivity contribution in [2.45, 2.75) is 77.3 Å². The first-order valence-electron chi connectivity index (χ1n) is 7.73. The van der Waals surface area contributed by atoms with Gasteiger partial charge in [0, 0.05) is 12.1 Å². The van der Waals surface area contributed by atoms with Crippen LogP contribution in [0.15, 0.2) is 0 Å². The summed E-state index contributed by atoms with van der Waals surface area (Å²) in [5.41, 5.74) is 5.48. The topological polar surface area (TPSA) is 113 Å². The molecule has 6 nitrogen and oxygen atoms in total. The molecule has 6 heteroatoms. The summed E-state index contributed by atoms with van der Waals surface area (Å²) < 4.78 is 0. The smallest absolute Gasteiger partial charge is 0.304 e. The Morgan fingerprint density at radius 2 is 1.48 bits per heavy atom. The van der Waals surface area contributed by atoms with Crippen molar-refractivity contribution in [3.63, 3.8) is 0 Å². The van der Waals surface area contributed by atoms with Gasteiger partial charge in [0.05, 0.1) is 12.8 Å². The third-order valence-corrected chi connectivity index (χ3v) is 3.10. The highest BCUT2D eigenvalue weighted by molar-refractivity contribution is 5.67.